The second-order valence-electron chi connectivity index (χ2n) is 5.50. The highest BCUT2D eigenvalue weighted by atomic mass is 32.1. The molecule has 3 aromatic rings. The summed E-state index contributed by atoms with van der Waals surface area (Å²) < 4.78 is 0. The number of hydrogen-bond donors (Lipinski definition) is 0. The number of aromatic nitrogens is 3. The number of benzene rings is 1. The van der Waals surface area contributed by atoms with E-state index in [0.29, 0.717) is 0 Å². The number of rotatable bonds is 5. The number of hydrogen-bond acceptors (Lipinski definition) is 5. The van der Waals surface area contributed by atoms with Crippen molar-refractivity contribution in [1.29, 1.82) is 0 Å². The lowest BCUT2D eigenvalue weighted by molar-refractivity contribution is -0.131. The van der Waals surface area contributed by atoms with Crippen molar-refractivity contribution in [3.8, 4) is 10.7 Å². The maximum atomic E-state index is 12.5. The molecule has 1 unspecified atom stereocenters. The molecule has 0 fully saturated rings. The molecule has 1 aromatic carbocycles. The van der Waals surface area contributed by atoms with E-state index in [1.54, 1.807) is 23.5 Å². The third kappa shape index (κ3) is 3.65. The van der Waals surface area contributed by atoms with Gasteiger partial charge in [-0.2, -0.15) is 0 Å². The predicted octanol–water partition coefficient (Wildman–Crippen LogP) is 3.36. The highest BCUT2D eigenvalue weighted by Crippen LogP contribution is 2.23. The van der Waals surface area contributed by atoms with Gasteiger partial charge in [-0.1, -0.05) is 30.3 Å². The molecule has 2 heterocycles. The van der Waals surface area contributed by atoms with Gasteiger partial charge in [0.1, 0.15) is 10.7 Å². The van der Waals surface area contributed by atoms with Crippen LogP contribution in [-0.2, 0) is 11.2 Å². The molecule has 0 aliphatic rings. The van der Waals surface area contributed by atoms with Crippen molar-refractivity contribution in [3.63, 3.8) is 0 Å². The molecule has 0 aliphatic carbocycles. The van der Waals surface area contributed by atoms with Gasteiger partial charge in [0.25, 0.3) is 0 Å². The summed E-state index contributed by atoms with van der Waals surface area (Å²) in [6.07, 6.45) is 5.22. The Kier molecular flexibility index (Phi) is 4.96. The number of thiazole rings is 1. The quantitative estimate of drug-likeness (QED) is 0.716. The van der Waals surface area contributed by atoms with E-state index in [4.69, 9.17) is 0 Å². The van der Waals surface area contributed by atoms with Crippen molar-refractivity contribution in [1.82, 2.24) is 19.9 Å². The molecule has 0 spiro atoms. The highest BCUT2D eigenvalue weighted by Gasteiger charge is 2.18. The van der Waals surface area contributed by atoms with Gasteiger partial charge in [-0.3, -0.25) is 14.8 Å². The maximum absolute atomic E-state index is 12.5. The summed E-state index contributed by atoms with van der Waals surface area (Å²) in [5.41, 5.74) is 2.61. The molecule has 24 heavy (non-hydrogen) atoms. The van der Waals surface area contributed by atoms with Gasteiger partial charge in [0.15, 0.2) is 0 Å². The van der Waals surface area contributed by atoms with E-state index in [9.17, 15) is 4.79 Å². The molecule has 0 radical (unpaired) electrons. The molecule has 1 amide bonds. The molecule has 5 nitrogen and oxygen atoms in total. The van der Waals surface area contributed by atoms with Crippen LogP contribution < -0.4 is 0 Å². The van der Waals surface area contributed by atoms with E-state index in [0.717, 1.165) is 22.0 Å². The summed E-state index contributed by atoms with van der Waals surface area (Å²) in [6, 6.07) is 10.0. The van der Waals surface area contributed by atoms with Gasteiger partial charge in [0, 0.05) is 24.8 Å². The van der Waals surface area contributed by atoms with Gasteiger partial charge in [-0.15, -0.1) is 11.3 Å². The fraction of sp³-hybridized carbons (Fsp3) is 0.222. The van der Waals surface area contributed by atoms with Gasteiger partial charge in [0.2, 0.25) is 5.91 Å². The largest absolute Gasteiger partial charge is 0.339 e. The van der Waals surface area contributed by atoms with Gasteiger partial charge in [-0.05, 0) is 12.5 Å². The van der Waals surface area contributed by atoms with E-state index >= 15 is 0 Å². The first-order valence-corrected chi connectivity index (χ1v) is 8.54. The van der Waals surface area contributed by atoms with Crippen molar-refractivity contribution < 1.29 is 4.79 Å². The zero-order valence-corrected chi connectivity index (χ0v) is 14.4. The van der Waals surface area contributed by atoms with Crippen LogP contribution in [0.5, 0.6) is 0 Å². The van der Waals surface area contributed by atoms with E-state index in [1.807, 2.05) is 49.7 Å². The summed E-state index contributed by atoms with van der Waals surface area (Å²) >= 11 is 1.48. The minimum absolute atomic E-state index is 0.0248. The Morgan fingerprint density at radius 3 is 2.75 bits per heavy atom. The van der Waals surface area contributed by atoms with Gasteiger partial charge < -0.3 is 4.90 Å². The van der Waals surface area contributed by atoms with Crippen molar-refractivity contribution >= 4 is 17.2 Å². The number of carbonyl (C=O) groups excluding carboxylic acids is 1. The van der Waals surface area contributed by atoms with Gasteiger partial charge in [0.05, 0.1) is 24.4 Å². The Morgan fingerprint density at radius 1 is 1.25 bits per heavy atom. The normalized spacial score (nSPS) is 11.9. The van der Waals surface area contributed by atoms with Crippen LogP contribution in [0.3, 0.4) is 0 Å². The average molecular weight is 338 g/mol. The van der Waals surface area contributed by atoms with Crippen LogP contribution in [0.2, 0.25) is 0 Å². The highest BCUT2D eigenvalue weighted by molar-refractivity contribution is 7.13. The van der Waals surface area contributed by atoms with Crippen LogP contribution in [-0.4, -0.2) is 32.8 Å². The molecule has 0 aliphatic heterocycles. The van der Waals surface area contributed by atoms with E-state index in [-0.39, 0.29) is 18.4 Å². The summed E-state index contributed by atoms with van der Waals surface area (Å²) in [7, 11) is 1.83. The fourth-order valence-corrected chi connectivity index (χ4v) is 3.15. The Morgan fingerprint density at radius 2 is 2.04 bits per heavy atom. The molecule has 0 bridgehead atoms. The Labute approximate surface area is 145 Å². The fourth-order valence-electron chi connectivity index (χ4n) is 2.37. The van der Waals surface area contributed by atoms with Gasteiger partial charge in [-0.25, -0.2) is 4.98 Å². The van der Waals surface area contributed by atoms with Crippen molar-refractivity contribution in [2.45, 2.75) is 19.4 Å². The SMILES string of the molecule is CC(c1ccccc1)N(C)C(=O)Cc1csc(-c2cnccn2)n1. The Hall–Kier alpha value is -2.60. The van der Waals surface area contributed by atoms with E-state index < -0.39 is 0 Å². The number of likely N-dealkylation sites (N-methyl/N-ethyl adjacent to an activating group) is 1. The smallest absolute Gasteiger partial charge is 0.228 e. The molecule has 0 saturated carbocycles. The van der Waals surface area contributed by atoms with Crippen molar-refractivity contribution in [2.75, 3.05) is 7.05 Å². The summed E-state index contributed by atoms with van der Waals surface area (Å²) in [4.78, 5) is 27.1. The molecule has 0 N–H and O–H groups in total. The minimum Gasteiger partial charge on any atom is -0.339 e. The first kappa shape index (κ1) is 16.3. The average Bonchev–Trinajstić information content (AvgIpc) is 3.10. The topological polar surface area (TPSA) is 59.0 Å². The molecular formula is C18H18N4OS. The van der Waals surface area contributed by atoms with Crippen LogP contribution in [0.4, 0.5) is 0 Å². The van der Waals surface area contributed by atoms with Crippen molar-refractivity contribution in [2.24, 2.45) is 0 Å². The monoisotopic (exact) mass is 338 g/mol. The van der Waals surface area contributed by atoms with Crippen molar-refractivity contribution in [3.05, 3.63) is 65.6 Å². The van der Waals surface area contributed by atoms with Gasteiger partial charge >= 0.3 is 0 Å². The molecule has 0 saturated heterocycles. The van der Waals surface area contributed by atoms with Crippen LogP contribution in [0.1, 0.15) is 24.2 Å². The number of amides is 1. The number of nitrogens with zero attached hydrogens (tertiary/aromatic N) is 4. The van der Waals surface area contributed by atoms with Crippen LogP contribution in [0.15, 0.2) is 54.3 Å². The Bertz CT molecular complexity index is 804. The lowest BCUT2D eigenvalue weighted by atomic mass is 10.1. The molecule has 1 atom stereocenters. The molecule has 2 aromatic heterocycles. The minimum atomic E-state index is 0.0248. The number of carbonyl (C=O) groups is 1. The third-order valence-corrected chi connectivity index (χ3v) is 4.84. The van der Waals surface area contributed by atoms with Crippen LogP contribution in [0.25, 0.3) is 10.7 Å². The van der Waals surface area contributed by atoms with Crippen LogP contribution in [0, 0.1) is 0 Å². The maximum Gasteiger partial charge on any atom is 0.228 e. The zero-order chi connectivity index (χ0) is 16.9. The molecule has 6 heteroatoms. The first-order chi connectivity index (χ1) is 11.6. The second-order valence-corrected chi connectivity index (χ2v) is 6.36. The summed E-state index contributed by atoms with van der Waals surface area (Å²) in [5, 5.41) is 2.69. The zero-order valence-electron chi connectivity index (χ0n) is 13.6. The molecule has 3 rings (SSSR count). The standard InChI is InChI=1S/C18H18N4OS/c1-13(14-6-4-3-5-7-14)22(2)17(23)10-15-12-24-18(21-15)16-11-19-8-9-20-16/h3-9,11-13H,10H2,1-2H3. The van der Waals surface area contributed by atoms with E-state index in [2.05, 4.69) is 15.0 Å². The Balaban J connectivity index is 1.68. The summed E-state index contributed by atoms with van der Waals surface area (Å²) in [6.45, 7) is 2.03. The first-order valence-electron chi connectivity index (χ1n) is 7.66. The lowest BCUT2D eigenvalue weighted by Gasteiger charge is -2.25. The second kappa shape index (κ2) is 7.31. The molecule has 122 valence electrons. The van der Waals surface area contributed by atoms with Crippen LogP contribution >= 0.6 is 11.3 Å². The third-order valence-electron chi connectivity index (χ3n) is 3.92. The predicted molar refractivity (Wildman–Crippen MR) is 94.5 cm³/mol. The molecular weight excluding hydrogens is 320 g/mol. The lowest BCUT2D eigenvalue weighted by Crippen LogP contribution is -2.31. The summed E-state index contributed by atoms with van der Waals surface area (Å²) in [5.74, 6) is 0.0438. The van der Waals surface area contributed by atoms with E-state index in [1.165, 1.54) is 11.3 Å².